The maximum absolute atomic E-state index is 9.78. The van der Waals surface area contributed by atoms with Gasteiger partial charge in [-0.25, -0.2) is 0 Å². The van der Waals surface area contributed by atoms with Crippen molar-refractivity contribution in [2.24, 2.45) is 22.9 Å². The fraction of sp³-hybridized carbons (Fsp3) is 0.564. The zero-order valence-corrected chi connectivity index (χ0v) is 30.2. The molecule has 0 spiro atoms. The van der Waals surface area contributed by atoms with Gasteiger partial charge in [0.1, 0.15) is 18.1 Å². The molecule has 9 heteroatoms. The highest BCUT2D eigenvalue weighted by Gasteiger charge is 2.63. The van der Waals surface area contributed by atoms with Crippen LogP contribution in [0.2, 0.25) is 0 Å². The molecular weight excluding hydrogens is 643 g/mol. The first-order valence-electron chi connectivity index (χ1n) is 17.7. The average Bonchev–Trinajstić information content (AvgIpc) is 3.11. The second-order valence-electron chi connectivity index (χ2n) is 12.6. The zero-order valence-electron chi connectivity index (χ0n) is 28.6. The highest BCUT2D eigenvalue weighted by molar-refractivity contribution is 8.00. The Morgan fingerprint density at radius 1 is 1.04 bits per heavy atom. The summed E-state index contributed by atoms with van der Waals surface area (Å²) in [6.45, 7) is 9.99. The molecule has 7 nitrogen and oxygen atoms in total. The van der Waals surface area contributed by atoms with Crippen molar-refractivity contribution < 1.29 is 29.3 Å². The monoisotopic (exact) mass is 695 g/mol. The van der Waals surface area contributed by atoms with Gasteiger partial charge in [-0.2, -0.15) is 11.8 Å². The minimum absolute atomic E-state index is 0.00516. The SMILES string of the molecule is C=CCOC12Oc3ccc(OCCSc4ccccc4)cc3C3C(CCCCO)C(CCCCO)C=C(C(=NOCC)CC1SCC)C32. The molecule has 2 aromatic carbocycles. The Labute approximate surface area is 295 Å². The van der Waals surface area contributed by atoms with E-state index in [0.29, 0.717) is 26.2 Å². The van der Waals surface area contributed by atoms with Crippen LogP contribution >= 0.6 is 23.5 Å². The van der Waals surface area contributed by atoms with Crippen molar-refractivity contribution in [3.63, 3.8) is 0 Å². The zero-order chi connectivity index (χ0) is 33.8. The fourth-order valence-corrected chi connectivity index (χ4v) is 9.67. The summed E-state index contributed by atoms with van der Waals surface area (Å²) in [7, 11) is 0. The summed E-state index contributed by atoms with van der Waals surface area (Å²) in [5, 5.41) is 24.2. The van der Waals surface area contributed by atoms with Gasteiger partial charge in [0.05, 0.1) is 30.1 Å². The maximum atomic E-state index is 9.78. The van der Waals surface area contributed by atoms with Gasteiger partial charge in [-0.1, -0.05) is 55.3 Å². The molecule has 3 aliphatic rings. The molecule has 262 valence electrons. The van der Waals surface area contributed by atoms with E-state index in [9.17, 15) is 10.2 Å². The van der Waals surface area contributed by atoms with Crippen molar-refractivity contribution in [2.75, 3.05) is 44.5 Å². The van der Waals surface area contributed by atoms with Gasteiger partial charge in [0.15, 0.2) is 0 Å². The van der Waals surface area contributed by atoms with Gasteiger partial charge in [-0.15, -0.1) is 18.3 Å². The number of rotatable bonds is 20. The number of oxime groups is 1. The van der Waals surface area contributed by atoms with Crippen LogP contribution in [-0.4, -0.2) is 71.5 Å². The van der Waals surface area contributed by atoms with Gasteiger partial charge >= 0.3 is 0 Å². The van der Waals surface area contributed by atoms with E-state index >= 15 is 0 Å². The number of aliphatic hydroxyl groups is 2. The number of allylic oxidation sites excluding steroid dienone is 1. The molecule has 0 bridgehead atoms. The highest BCUT2D eigenvalue weighted by atomic mass is 32.2. The second-order valence-corrected chi connectivity index (χ2v) is 15.3. The number of nitrogens with zero attached hydrogens (tertiary/aromatic N) is 1. The van der Waals surface area contributed by atoms with E-state index in [2.05, 4.69) is 56.0 Å². The molecule has 0 radical (unpaired) electrons. The van der Waals surface area contributed by atoms with Crippen LogP contribution in [-0.2, 0) is 9.57 Å². The molecule has 1 heterocycles. The number of ether oxygens (including phenoxy) is 3. The second kappa shape index (κ2) is 18.5. The minimum Gasteiger partial charge on any atom is -0.493 e. The number of thioether (sulfide) groups is 2. The maximum Gasteiger partial charge on any atom is 0.230 e. The highest BCUT2D eigenvalue weighted by Crippen LogP contribution is 2.62. The fourth-order valence-electron chi connectivity index (χ4n) is 7.75. The predicted molar refractivity (Wildman–Crippen MR) is 197 cm³/mol. The number of aliphatic hydroxyl groups excluding tert-OH is 2. The summed E-state index contributed by atoms with van der Waals surface area (Å²) in [5.74, 6) is 3.04. The molecule has 1 saturated carbocycles. The Balaban J connectivity index is 1.59. The summed E-state index contributed by atoms with van der Waals surface area (Å²) in [4.78, 5) is 6.99. The first-order valence-corrected chi connectivity index (χ1v) is 19.8. The van der Waals surface area contributed by atoms with Crippen LogP contribution in [0.3, 0.4) is 0 Å². The Bertz CT molecular complexity index is 1370. The van der Waals surface area contributed by atoms with Gasteiger partial charge < -0.3 is 29.3 Å². The van der Waals surface area contributed by atoms with Crippen LogP contribution in [0, 0.1) is 17.8 Å². The number of unbranched alkanes of at least 4 members (excludes halogenated alkanes) is 2. The molecule has 48 heavy (non-hydrogen) atoms. The molecule has 2 aliphatic carbocycles. The van der Waals surface area contributed by atoms with E-state index in [0.717, 1.165) is 78.4 Å². The van der Waals surface area contributed by atoms with Crippen LogP contribution in [0.15, 0.2) is 82.9 Å². The van der Waals surface area contributed by atoms with Gasteiger partial charge in [0.25, 0.3) is 0 Å². The topological polar surface area (TPSA) is 89.7 Å². The standard InChI is InChI=1S/C39H53NO6S2/c1-4-22-44-39-36(47-6-3)27-34(40-45-5-2)32-25-28(14-10-12-20-41)31(17-11-13-21-42)37(38(32)39)33-26-29(18-19-35(33)46-39)43-23-24-48-30-15-8-7-9-16-30/h4,7-9,15-16,18-19,25-26,28,31,36-38,41-42H,1,5-6,10-14,17,20-24,27H2,2-3H3. The predicted octanol–water partition coefficient (Wildman–Crippen LogP) is 8.26. The molecule has 0 aromatic heterocycles. The molecule has 1 fully saturated rings. The molecule has 2 N–H and O–H groups in total. The summed E-state index contributed by atoms with van der Waals surface area (Å²) in [6, 6.07) is 16.7. The first kappa shape index (κ1) is 36.8. The van der Waals surface area contributed by atoms with Crippen LogP contribution in [0.1, 0.15) is 70.3 Å². The van der Waals surface area contributed by atoms with Gasteiger partial charge in [-0.05, 0) is 86.1 Å². The first-order chi connectivity index (χ1) is 23.6. The smallest absolute Gasteiger partial charge is 0.230 e. The molecule has 6 unspecified atom stereocenters. The van der Waals surface area contributed by atoms with E-state index < -0.39 is 5.79 Å². The van der Waals surface area contributed by atoms with Crippen LogP contribution < -0.4 is 9.47 Å². The molecule has 2 aromatic rings. The van der Waals surface area contributed by atoms with Crippen molar-refractivity contribution in [3.8, 4) is 11.5 Å². The summed E-state index contributed by atoms with van der Waals surface area (Å²) in [6.07, 6.45) is 10.3. The van der Waals surface area contributed by atoms with Gasteiger partial charge in [0.2, 0.25) is 5.79 Å². The molecule has 1 aliphatic heterocycles. The van der Waals surface area contributed by atoms with E-state index in [4.69, 9.17) is 24.2 Å². The Morgan fingerprint density at radius 2 is 1.83 bits per heavy atom. The number of benzene rings is 2. The van der Waals surface area contributed by atoms with Gasteiger partial charge in [0, 0.05) is 41.8 Å². The van der Waals surface area contributed by atoms with E-state index in [1.165, 1.54) is 4.90 Å². The Hall–Kier alpha value is -2.43. The lowest BCUT2D eigenvalue weighted by molar-refractivity contribution is -0.223. The third-order valence-electron chi connectivity index (χ3n) is 9.66. The minimum atomic E-state index is -0.913. The normalized spacial score (nSPS) is 26.6. The third kappa shape index (κ3) is 8.47. The van der Waals surface area contributed by atoms with Crippen LogP contribution in [0.5, 0.6) is 11.5 Å². The molecule has 0 amide bonds. The van der Waals surface area contributed by atoms with E-state index in [-0.39, 0.29) is 42.1 Å². The van der Waals surface area contributed by atoms with Gasteiger partial charge in [-0.3, -0.25) is 0 Å². The van der Waals surface area contributed by atoms with Crippen LogP contribution in [0.25, 0.3) is 0 Å². The largest absolute Gasteiger partial charge is 0.493 e. The Morgan fingerprint density at radius 3 is 2.56 bits per heavy atom. The van der Waals surface area contributed by atoms with Crippen molar-refractivity contribution in [2.45, 2.75) is 80.6 Å². The summed E-state index contributed by atoms with van der Waals surface area (Å²) < 4.78 is 20.4. The summed E-state index contributed by atoms with van der Waals surface area (Å²) in [5.41, 5.74) is 3.29. The van der Waals surface area contributed by atoms with Crippen molar-refractivity contribution in [3.05, 3.63) is 78.4 Å². The Kier molecular flexibility index (Phi) is 14.2. The lowest BCUT2D eigenvalue weighted by Crippen LogP contribution is -2.64. The van der Waals surface area contributed by atoms with E-state index in [1.54, 1.807) is 11.8 Å². The molecule has 5 rings (SSSR count). The van der Waals surface area contributed by atoms with Crippen LogP contribution in [0.4, 0.5) is 0 Å². The number of fused-ring (bicyclic) bond motifs is 2. The number of hydrogen-bond acceptors (Lipinski definition) is 9. The summed E-state index contributed by atoms with van der Waals surface area (Å²) >= 11 is 3.65. The lowest BCUT2D eigenvalue weighted by atomic mass is 9.56. The number of hydrogen-bond donors (Lipinski definition) is 2. The van der Waals surface area contributed by atoms with Crippen molar-refractivity contribution in [1.82, 2.24) is 0 Å². The molecule has 0 saturated heterocycles. The van der Waals surface area contributed by atoms with E-state index in [1.807, 2.05) is 36.9 Å². The average molecular weight is 696 g/mol. The van der Waals surface area contributed by atoms with Crippen molar-refractivity contribution in [1.29, 1.82) is 0 Å². The quantitative estimate of drug-likeness (QED) is 0.0620. The lowest BCUT2D eigenvalue weighted by Gasteiger charge is -2.58. The third-order valence-corrected chi connectivity index (χ3v) is 11.9. The molecule has 6 atom stereocenters. The molecular formula is C39H53NO6S2. The van der Waals surface area contributed by atoms with Crippen molar-refractivity contribution >= 4 is 29.2 Å².